The zero-order chi connectivity index (χ0) is 14.4. The van der Waals surface area contributed by atoms with Gasteiger partial charge < -0.3 is 20.5 Å². The lowest BCUT2D eigenvalue weighted by atomic mass is 10.1. The molecule has 1 rings (SSSR count). The van der Waals surface area contributed by atoms with Crippen LogP contribution in [-0.4, -0.2) is 41.2 Å². The van der Waals surface area contributed by atoms with E-state index >= 15 is 0 Å². The molecule has 0 aromatic carbocycles. The van der Waals surface area contributed by atoms with Gasteiger partial charge in [-0.05, 0) is 18.6 Å². The van der Waals surface area contributed by atoms with Gasteiger partial charge in [0, 0.05) is 11.8 Å². The maximum absolute atomic E-state index is 11.3. The number of ether oxygens (including phenoxy) is 1. The molecular weight excluding hydrogens is 268 g/mol. The first kappa shape index (κ1) is 15.4. The van der Waals surface area contributed by atoms with Crippen molar-refractivity contribution in [2.45, 2.75) is 38.3 Å². The third kappa shape index (κ3) is 4.51. The van der Waals surface area contributed by atoms with Crippen molar-refractivity contribution in [3.63, 3.8) is 0 Å². The number of hydrogen-bond acceptors (Lipinski definition) is 5. The Morgan fingerprint density at radius 3 is 2.89 bits per heavy atom. The molecule has 0 saturated heterocycles. The number of hydrogen-bond donors (Lipinski definition) is 3. The highest BCUT2D eigenvalue weighted by molar-refractivity contribution is 7.80. The van der Waals surface area contributed by atoms with Gasteiger partial charge in [0.15, 0.2) is 5.05 Å². The van der Waals surface area contributed by atoms with E-state index in [0.717, 1.165) is 12.8 Å². The fraction of sp³-hybridized carbons (Fsp3) is 0.583. The molecule has 2 atom stereocenters. The predicted octanol–water partition coefficient (Wildman–Crippen LogP) is 0.575. The molecule has 0 fully saturated rings. The van der Waals surface area contributed by atoms with Crippen molar-refractivity contribution in [3.8, 4) is 0 Å². The molecule has 0 unspecified atom stereocenters. The van der Waals surface area contributed by atoms with Gasteiger partial charge in [-0.25, -0.2) is 0 Å². The molecule has 0 saturated carbocycles. The van der Waals surface area contributed by atoms with Gasteiger partial charge in [-0.15, -0.1) is 0 Å². The Kier molecular flexibility index (Phi) is 5.75. The van der Waals surface area contributed by atoms with Crippen molar-refractivity contribution in [2.24, 2.45) is 0 Å². The Hall–Kier alpha value is -1.63. The quantitative estimate of drug-likeness (QED) is 0.593. The molecule has 106 valence electrons. The van der Waals surface area contributed by atoms with Crippen molar-refractivity contribution in [2.75, 3.05) is 7.11 Å². The van der Waals surface area contributed by atoms with E-state index in [4.69, 9.17) is 22.1 Å². The SMILES string of the molecule is CCC[C@H](NC1=CC(=O)N[C@H]1CC(=O)O)C(=S)OC. The fourth-order valence-electron chi connectivity index (χ4n) is 1.89. The summed E-state index contributed by atoms with van der Waals surface area (Å²) in [5.41, 5.74) is 0.547. The number of carboxylic acids is 1. The smallest absolute Gasteiger partial charge is 0.305 e. The molecule has 0 radical (unpaired) electrons. The van der Waals surface area contributed by atoms with E-state index in [1.807, 2.05) is 6.92 Å². The Bertz CT molecular complexity index is 409. The summed E-state index contributed by atoms with van der Waals surface area (Å²) in [5.74, 6) is -1.27. The van der Waals surface area contributed by atoms with Crippen LogP contribution in [-0.2, 0) is 14.3 Å². The molecule has 1 heterocycles. The molecule has 19 heavy (non-hydrogen) atoms. The molecule has 1 aliphatic rings. The summed E-state index contributed by atoms with van der Waals surface area (Å²) in [4.78, 5) is 22.1. The van der Waals surface area contributed by atoms with Crippen molar-refractivity contribution in [1.29, 1.82) is 0 Å². The monoisotopic (exact) mass is 286 g/mol. The average Bonchev–Trinajstić information content (AvgIpc) is 2.67. The summed E-state index contributed by atoms with van der Waals surface area (Å²) in [6, 6.07) is -0.746. The van der Waals surface area contributed by atoms with E-state index in [1.165, 1.54) is 13.2 Å². The van der Waals surface area contributed by atoms with Crippen LogP contribution in [0.3, 0.4) is 0 Å². The number of amides is 1. The van der Waals surface area contributed by atoms with E-state index in [9.17, 15) is 9.59 Å². The second kappa shape index (κ2) is 7.08. The van der Waals surface area contributed by atoms with E-state index in [1.54, 1.807) is 0 Å². The molecule has 6 nitrogen and oxygen atoms in total. The molecule has 7 heteroatoms. The van der Waals surface area contributed by atoms with Gasteiger partial charge in [-0.3, -0.25) is 9.59 Å². The highest BCUT2D eigenvalue weighted by Gasteiger charge is 2.28. The number of aliphatic carboxylic acids is 1. The number of thiocarbonyl (C=S) groups is 1. The van der Waals surface area contributed by atoms with Gasteiger partial charge in [0.2, 0.25) is 5.91 Å². The molecule has 0 aliphatic carbocycles. The van der Waals surface area contributed by atoms with Gasteiger partial charge in [0.05, 0.1) is 25.6 Å². The lowest BCUT2D eigenvalue weighted by Gasteiger charge is -2.22. The molecule has 0 bridgehead atoms. The third-order valence-electron chi connectivity index (χ3n) is 2.76. The maximum Gasteiger partial charge on any atom is 0.305 e. The first-order valence-electron chi connectivity index (χ1n) is 6.06. The summed E-state index contributed by atoms with van der Waals surface area (Å²) in [6.07, 6.45) is 2.84. The lowest BCUT2D eigenvalue weighted by Crippen LogP contribution is -2.41. The summed E-state index contributed by atoms with van der Waals surface area (Å²) in [6.45, 7) is 2.01. The van der Waals surface area contributed by atoms with Crippen LogP contribution >= 0.6 is 12.2 Å². The molecule has 1 aliphatic heterocycles. The Balaban J connectivity index is 2.75. The molecule has 0 aromatic rings. The Labute approximate surface area is 117 Å². The molecule has 0 aromatic heterocycles. The fourth-order valence-corrected chi connectivity index (χ4v) is 2.07. The van der Waals surface area contributed by atoms with Crippen LogP contribution in [0.25, 0.3) is 0 Å². The average molecular weight is 286 g/mol. The van der Waals surface area contributed by atoms with Gasteiger partial charge in [0.1, 0.15) is 0 Å². The van der Waals surface area contributed by atoms with E-state index in [0.29, 0.717) is 10.7 Å². The largest absolute Gasteiger partial charge is 0.488 e. The van der Waals surface area contributed by atoms with Crippen LogP contribution in [0, 0.1) is 0 Å². The molecule has 0 spiro atoms. The van der Waals surface area contributed by atoms with E-state index in [2.05, 4.69) is 10.6 Å². The summed E-state index contributed by atoms with van der Waals surface area (Å²) < 4.78 is 5.04. The van der Waals surface area contributed by atoms with E-state index in [-0.39, 0.29) is 18.4 Å². The van der Waals surface area contributed by atoms with Gasteiger partial charge >= 0.3 is 5.97 Å². The maximum atomic E-state index is 11.3. The minimum absolute atomic E-state index is 0.164. The van der Waals surface area contributed by atoms with Gasteiger partial charge in [-0.1, -0.05) is 13.3 Å². The first-order valence-corrected chi connectivity index (χ1v) is 6.47. The topological polar surface area (TPSA) is 87.7 Å². The highest BCUT2D eigenvalue weighted by Crippen LogP contribution is 2.13. The van der Waals surface area contributed by atoms with Gasteiger partial charge in [-0.2, -0.15) is 0 Å². The van der Waals surface area contributed by atoms with Crippen LogP contribution in [0.15, 0.2) is 11.8 Å². The van der Waals surface area contributed by atoms with Crippen LogP contribution in [0.5, 0.6) is 0 Å². The van der Waals surface area contributed by atoms with Crippen molar-refractivity contribution < 1.29 is 19.4 Å². The third-order valence-corrected chi connectivity index (χ3v) is 3.21. The van der Waals surface area contributed by atoms with Crippen LogP contribution < -0.4 is 10.6 Å². The Morgan fingerprint density at radius 2 is 2.37 bits per heavy atom. The lowest BCUT2D eigenvalue weighted by molar-refractivity contribution is -0.137. The van der Waals surface area contributed by atoms with Crippen LogP contribution in [0.4, 0.5) is 0 Å². The predicted molar refractivity (Wildman–Crippen MR) is 73.7 cm³/mol. The minimum Gasteiger partial charge on any atom is -0.488 e. The number of carbonyl (C=O) groups is 2. The second-order valence-corrected chi connectivity index (χ2v) is 4.67. The normalized spacial score (nSPS) is 19.4. The number of carbonyl (C=O) groups excluding carboxylic acids is 1. The second-order valence-electron chi connectivity index (χ2n) is 4.27. The highest BCUT2D eigenvalue weighted by atomic mass is 32.1. The zero-order valence-electron chi connectivity index (χ0n) is 10.9. The number of carboxylic acid groups (broad SMARTS) is 1. The molecule has 3 N–H and O–H groups in total. The number of methoxy groups -OCH3 is 1. The van der Waals surface area contributed by atoms with Crippen molar-refractivity contribution in [1.82, 2.24) is 10.6 Å². The first-order chi connectivity index (χ1) is 8.97. The molecular formula is C12H18N2O4S. The number of rotatable bonds is 7. The van der Waals surface area contributed by atoms with Gasteiger partial charge in [0.25, 0.3) is 0 Å². The van der Waals surface area contributed by atoms with Crippen molar-refractivity contribution >= 4 is 29.1 Å². The summed E-state index contributed by atoms with van der Waals surface area (Å²) in [7, 11) is 1.49. The summed E-state index contributed by atoms with van der Waals surface area (Å²) >= 11 is 5.10. The Morgan fingerprint density at radius 1 is 1.68 bits per heavy atom. The number of nitrogens with one attached hydrogen (secondary N) is 2. The van der Waals surface area contributed by atoms with Crippen LogP contribution in [0.2, 0.25) is 0 Å². The van der Waals surface area contributed by atoms with Crippen LogP contribution in [0.1, 0.15) is 26.2 Å². The van der Waals surface area contributed by atoms with Crippen molar-refractivity contribution in [3.05, 3.63) is 11.8 Å². The minimum atomic E-state index is -0.971. The summed E-state index contributed by atoms with van der Waals surface area (Å²) in [5, 5.41) is 14.9. The van der Waals surface area contributed by atoms with E-state index < -0.39 is 12.0 Å². The zero-order valence-corrected chi connectivity index (χ0v) is 11.8. The standard InChI is InChI=1S/C12H18N2O4S/c1-3-4-7(12(19)18-2)13-8-5-10(15)14-9(8)6-11(16)17/h5,7,9,13H,3-4,6H2,1-2H3,(H,14,15)(H,16,17)/t7-,9-/m0/s1. The molecule has 1 amide bonds.